The lowest BCUT2D eigenvalue weighted by atomic mass is 9.97. The van der Waals surface area contributed by atoms with Gasteiger partial charge in [0.15, 0.2) is 0 Å². The highest BCUT2D eigenvalue weighted by molar-refractivity contribution is 7.80. The number of hydrogen-bond donors (Lipinski definition) is 18. The molecule has 0 fully saturated rings. The van der Waals surface area contributed by atoms with E-state index < -0.39 is 151 Å². The summed E-state index contributed by atoms with van der Waals surface area (Å²) >= 11 is 7.94. The van der Waals surface area contributed by atoms with Crippen LogP contribution in [0.2, 0.25) is 0 Å². The number of thiol groups is 2. The molecule has 0 bridgehead atoms. The van der Waals surface area contributed by atoms with Crippen LogP contribution < -0.4 is 65.1 Å². The molecule has 1 aromatic carbocycles. The number of aliphatic hydroxyl groups excluding tert-OH is 2. The molecule has 1 aromatic rings. The van der Waals surface area contributed by atoms with Gasteiger partial charge in [-0.25, -0.2) is 4.79 Å². The van der Waals surface area contributed by atoms with E-state index in [-0.39, 0.29) is 42.6 Å². The van der Waals surface area contributed by atoms with Crippen LogP contribution in [-0.4, -0.2) is 176 Å². The summed E-state index contributed by atoms with van der Waals surface area (Å²) in [5, 5.41) is 61.9. The second-order valence-corrected chi connectivity index (χ2v) is 19.1. The number of nitrogens with one attached hydrogen (secondary N) is 9. The quantitative estimate of drug-likeness (QED) is 0.0227. The Morgan fingerprint density at radius 2 is 1.15 bits per heavy atom. The Hall–Kier alpha value is -6.27. The van der Waals surface area contributed by atoms with Crippen molar-refractivity contribution in [1.29, 1.82) is 0 Å². The van der Waals surface area contributed by atoms with Crippen molar-refractivity contribution in [2.45, 2.75) is 153 Å². The van der Waals surface area contributed by atoms with Gasteiger partial charge in [0.2, 0.25) is 59.1 Å². The number of phenols is 1. The zero-order chi connectivity index (χ0) is 57.3. The summed E-state index contributed by atoms with van der Waals surface area (Å²) < 4.78 is 0. The van der Waals surface area contributed by atoms with E-state index in [1.807, 2.05) is 0 Å². The van der Waals surface area contributed by atoms with E-state index in [2.05, 4.69) is 73.1 Å². The Labute approximate surface area is 445 Å². The molecular weight excluding hydrogens is 1020 g/mol. The van der Waals surface area contributed by atoms with E-state index in [0.29, 0.717) is 24.8 Å². The lowest BCUT2D eigenvalue weighted by Gasteiger charge is -2.30. The third-order valence-corrected chi connectivity index (χ3v) is 12.4. The van der Waals surface area contributed by atoms with Crippen LogP contribution in [0.25, 0.3) is 0 Å². The molecule has 0 saturated carbocycles. The number of aromatic hydroxyl groups is 1. The molecule has 19 N–H and O–H groups in total. The third-order valence-electron chi connectivity index (χ3n) is 11.6. The van der Waals surface area contributed by atoms with Gasteiger partial charge in [-0.15, -0.1) is 0 Å². The highest BCUT2D eigenvalue weighted by Crippen LogP contribution is 2.14. The summed E-state index contributed by atoms with van der Waals surface area (Å²) in [5.74, 6) is -11.8. The zero-order valence-electron chi connectivity index (χ0n) is 42.8. The topological polar surface area (TPSA) is 455 Å². The second kappa shape index (κ2) is 32.9. The van der Waals surface area contributed by atoms with Crippen molar-refractivity contribution in [3.63, 3.8) is 0 Å². The number of carbonyl (C=O) groups is 11. The number of benzene rings is 1. The Kier molecular flexibility index (Phi) is 29.3. The monoisotopic (exact) mass is 1100 g/mol. The first kappa shape index (κ1) is 66.7. The molecule has 0 aliphatic rings. The second-order valence-electron chi connectivity index (χ2n) is 18.4. The number of hydrogen-bond acceptors (Lipinski definition) is 18. The van der Waals surface area contributed by atoms with Crippen molar-refractivity contribution in [2.75, 3.05) is 24.7 Å². The van der Waals surface area contributed by atoms with E-state index >= 15 is 0 Å². The number of carboxylic acid groups (broad SMARTS) is 1. The maximum atomic E-state index is 14.2. The first-order valence-corrected chi connectivity index (χ1v) is 25.3. The summed E-state index contributed by atoms with van der Waals surface area (Å²) in [5.41, 5.74) is 15.2. The summed E-state index contributed by atoms with van der Waals surface area (Å²) in [4.78, 5) is 145. The fourth-order valence-corrected chi connectivity index (χ4v) is 7.15. The van der Waals surface area contributed by atoms with Crippen LogP contribution in [0.5, 0.6) is 5.75 Å². The molecule has 422 valence electrons. The molecular formula is C46H76N12O15S2. The summed E-state index contributed by atoms with van der Waals surface area (Å²) in [6.07, 6.45) is -1.89. The Bertz CT molecular complexity index is 2140. The number of aliphatic carboxylic acids is 1. The molecule has 0 heterocycles. The number of primary amides is 1. The van der Waals surface area contributed by atoms with Gasteiger partial charge in [-0.05, 0) is 83.5 Å². The molecule has 0 aromatic heterocycles. The molecule has 0 spiro atoms. The van der Waals surface area contributed by atoms with Gasteiger partial charge >= 0.3 is 5.97 Å². The predicted molar refractivity (Wildman–Crippen MR) is 278 cm³/mol. The lowest BCUT2D eigenvalue weighted by molar-refractivity contribution is -0.142. The number of unbranched alkanes of at least 4 members (excludes halogenated alkanes) is 1. The summed E-state index contributed by atoms with van der Waals surface area (Å²) in [6, 6.07) is -7.80. The minimum atomic E-state index is -1.83. The number of amides is 10. The van der Waals surface area contributed by atoms with Crippen molar-refractivity contribution in [2.24, 2.45) is 23.1 Å². The van der Waals surface area contributed by atoms with Crippen molar-refractivity contribution in [3.8, 4) is 5.75 Å². The molecule has 11 atom stereocenters. The number of nitrogens with two attached hydrogens (primary N) is 3. The summed E-state index contributed by atoms with van der Waals surface area (Å²) in [7, 11) is 0. The standard InChI is InChI=1S/C46H76N12O15S2/c1-7-22(2)34(56-37(64)27(48)20-74)42(69)50-23(3)36(63)58-46(5,6)45(73)55-31(19-59)41(68)53-30(18-25-11-13-26(61)14-12-25)40(67)51-29(15-16-33(49)62)39(66)57-35(24(4)60)43(70)52-28(10-8-9-17-47)38(65)54-32(21-75)44(71)72/h11-14,22-24,27-32,34-35,59-61,74-75H,7-10,15-21,47-48H2,1-6H3,(H2,49,62)(H,50,69)(H,51,67)(H,52,70)(H,53,68)(H,54,65)(H,55,73)(H,56,64)(H,57,66)(H,58,63)(H,71,72). The van der Waals surface area contributed by atoms with Crippen LogP contribution in [0, 0.1) is 5.92 Å². The fraction of sp³-hybridized carbons (Fsp3) is 0.630. The van der Waals surface area contributed by atoms with E-state index in [4.69, 9.17) is 17.2 Å². The largest absolute Gasteiger partial charge is 0.508 e. The minimum absolute atomic E-state index is 0.00582. The first-order valence-electron chi connectivity index (χ1n) is 24.1. The Balaban J connectivity index is 3.42. The molecule has 29 heteroatoms. The van der Waals surface area contributed by atoms with E-state index in [1.54, 1.807) is 13.8 Å². The highest BCUT2D eigenvalue weighted by Gasteiger charge is 2.38. The van der Waals surface area contributed by atoms with Crippen LogP contribution in [0.15, 0.2) is 24.3 Å². The average Bonchev–Trinajstić information content (AvgIpc) is 3.35. The van der Waals surface area contributed by atoms with Gasteiger partial charge in [-0.1, -0.05) is 32.4 Å². The van der Waals surface area contributed by atoms with E-state index in [1.165, 1.54) is 45.0 Å². The Morgan fingerprint density at radius 1 is 0.640 bits per heavy atom. The normalized spacial score (nSPS) is 15.7. The van der Waals surface area contributed by atoms with Gasteiger partial charge in [-0.2, -0.15) is 25.3 Å². The van der Waals surface area contributed by atoms with Crippen molar-refractivity contribution < 1.29 is 73.2 Å². The number of aliphatic hydroxyl groups is 2. The van der Waals surface area contributed by atoms with Crippen LogP contribution in [0.3, 0.4) is 0 Å². The minimum Gasteiger partial charge on any atom is -0.508 e. The van der Waals surface area contributed by atoms with E-state index in [0.717, 1.165) is 6.92 Å². The molecule has 0 radical (unpaired) electrons. The van der Waals surface area contributed by atoms with Crippen LogP contribution in [0.4, 0.5) is 0 Å². The fourth-order valence-electron chi connectivity index (χ4n) is 6.74. The van der Waals surface area contributed by atoms with Gasteiger partial charge in [0.1, 0.15) is 59.6 Å². The molecule has 0 aliphatic carbocycles. The van der Waals surface area contributed by atoms with Crippen LogP contribution >= 0.6 is 25.3 Å². The first-order chi connectivity index (χ1) is 35.1. The molecule has 27 nitrogen and oxygen atoms in total. The molecule has 0 aliphatic heterocycles. The van der Waals surface area contributed by atoms with Crippen molar-refractivity contribution in [1.82, 2.24) is 47.9 Å². The van der Waals surface area contributed by atoms with Gasteiger partial charge < -0.3 is 85.5 Å². The molecule has 0 saturated heterocycles. The van der Waals surface area contributed by atoms with Crippen molar-refractivity contribution in [3.05, 3.63) is 29.8 Å². The van der Waals surface area contributed by atoms with Gasteiger partial charge in [0.05, 0.1) is 18.8 Å². The molecule has 75 heavy (non-hydrogen) atoms. The number of carboxylic acids is 1. The number of rotatable bonds is 34. The van der Waals surface area contributed by atoms with Crippen LogP contribution in [0.1, 0.15) is 85.6 Å². The van der Waals surface area contributed by atoms with Crippen molar-refractivity contribution >= 4 is 90.3 Å². The number of carbonyl (C=O) groups excluding carboxylic acids is 10. The van der Waals surface area contributed by atoms with Gasteiger partial charge in [-0.3, -0.25) is 47.9 Å². The number of phenolic OH excluding ortho intramolecular Hbond substituents is 1. The van der Waals surface area contributed by atoms with Gasteiger partial charge in [0.25, 0.3) is 0 Å². The Morgan fingerprint density at radius 3 is 1.67 bits per heavy atom. The van der Waals surface area contributed by atoms with Gasteiger partial charge in [0, 0.05) is 24.3 Å². The smallest absolute Gasteiger partial charge is 0.327 e. The average molecular weight is 1100 g/mol. The zero-order valence-corrected chi connectivity index (χ0v) is 44.6. The summed E-state index contributed by atoms with van der Waals surface area (Å²) in [6.45, 7) is 7.62. The van der Waals surface area contributed by atoms with Crippen LogP contribution in [-0.2, 0) is 59.2 Å². The SMILES string of the molecule is CCC(C)C(NC(=O)C(N)CS)C(=O)NC(C)C(=O)NC(C)(C)C(=O)NC(CO)C(=O)NC(Cc1ccc(O)cc1)C(=O)NC(CCC(N)=O)C(=O)NC(C(=O)NC(CCCCN)C(=O)NC(CS)C(=O)O)C(C)O. The maximum Gasteiger partial charge on any atom is 0.327 e. The molecule has 1 rings (SSSR count). The molecule has 10 amide bonds. The third kappa shape index (κ3) is 23.0. The molecule has 11 unspecified atom stereocenters. The van der Waals surface area contributed by atoms with E-state index in [9.17, 15) is 73.2 Å². The lowest BCUT2D eigenvalue weighted by Crippen LogP contribution is -2.64. The maximum absolute atomic E-state index is 14.2. The highest BCUT2D eigenvalue weighted by atomic mass is 32.1. The predicted octanol–water partition coefficient (Wildman–Crippen LogP) is -5.19.